The van der Waals surface area contributed by atoms with Crippen molar-refractivity contribution in [3.63, 3.8) is 0 Å². The molecule has 1 atom stereocenters. The van der Waals surface area contributed by atoms with Crippen molar-refractivity contribution >= 4 is 43.5 Å². The number of halogens is 1. The van der Waals surface area contributed by atoms with E-state index in [4.69, 9.17) is 4.74 Å². The van der Waals surface area contributed by atoms with Gasteiger partial charge in [-0.25, -0.2) is 8.42 Å². The summed E-state index contributed by atoms with van der Waals surface area (Å²) in [4.78, 5) is 30.3. The Hall–Kier alpha value is -4.15. The van der Waals surface area contributed by atoms with Gasteiger partial charge in [-0.15, -0.1) is 0 Å². The van der Waals surface area contributed by atoms with Gasteiger partial charge in [0.05, 0.1) is 17.2 Å². The highest BCUT2D eigenvalue weighted by Crippen LogP contribution is 2.27. The van der Waals surface area contributed by atoms with Gasteiger partial charge in [0.1, 0.15) is 18.3 Å². The summed E-state index contributed by atoms with van der Waals surface area (Å²) in [7, 11) is -4.17. The Morgan fingerprint density at radius 2 is 1.47 bits per heavy atom. The number of anilines is 1. The predicted octanol–water partition coefficient (Wildman–Crippen LogP) is 6.74. The van der Waals surface area contributed by atoms with Crippen LogP contribution in [-0.2, 0) is 32.6 Å². The summed E-state index contributed by atoms with van der Waals surface area (Å²) in [6.45, 7) is 1.93. The van der Waals surface area contributed by atoms with Gasteiger partial charge in [-0.3, -0.25) is 13.9 Å². The van der Waals surface area contributed by atoms with E-state index in [-0.39, 0.29) is 29.8 Å². The van der Waals surface area contributed by atoms with Gasteiger partial charge in [0, 0.05) is 23.5 Å². The van der Waals surface area contributed by atoms with Crippen LogP contribution in [0.1, 0.15) is 43.7 Å². The maximum Gasteiger partial charge on any atom is 0.264 e. The molecule has 0 saturated heterocycles. The maximum atomic E-state index is 14.6. The van der Waals surface area contributed by atoms with E-state index >= 15 is 0 Å². The van der Waals surface area contributed by atoms with Crippen molar-refractivity contribution in [2.75, 3.05) is 17.5 Å². The second kappa shape index (κ2) is 16.1. The lowest BCUT2D eigenvalue weighted by Crippen LogP contribution is -2.54. The minimum atomic E-state index is -4.17. The van der Waals surface area contributed by atoms with Crippen LogP contribution in [0.15, 0.2) is 119 Å². The average molecular weight is 719 g/mol. The van der Waals surface area contributed by atoms with E-state index in [1.54, 1.807) is 42.5 Å². The molecule has 246 valence electrons. The van der Waals surface area contributed by atoms with Crippen LogP contribution in [-0.4, -0.2) is 50.4 Å². The highest BCUT2D eigenvalue weighted by atomic mass is 79.9. The third-order valence-electron chi connectivity index (χ3n) is 8.28. The van der Waals surface area contributed by atoms with Crippen LogP contribution in [0.3, 0.4) is 0 Å². The lowest BCUT2D eigenvalue weighted by Gasteiger charge is -2.34. The van der Waals surface area contributed by atoms with Gasteiger partial charge in [0.15, 0.2) is 0 Å². The zero-order valence-corrected chi connectivity index (χ0v) is 28.8. The number of amides is 2. The molecule has 1 N–H and O–H groups in total. The van der Waals surface area contributed by atoms with E-state index in [2.05, 4.69) is 21.2 Å². The molecule has 1 saturated carbocycles. The molecule has 0 aliphatic heterocycles. The van der Waals surface area contributed by atoms with Gasteiger partial charge in [0.25, 0.3) is 10.0 Å². The van der Waals surface area contributed by atoms with E-state index in [1.807, 2.05) is 61.5 Å². The molecule has 0 aromatic heterocycles. The molecule has 0 spiro atoms. The number of sulfonamides is 1. The predicted molar refractivity (Wildman–Crippen MR) is 188 cm³/mol. The molecule has 8 nitrogen and oxygen atoms in total. The lowest BCUT2D eigenvalue weighted by molar-refractivity contribution is -0.140. The molecule has 0 heterocycles. The number of hydrogen-bond donors (Lipinski definition) is 1. The molecular weight excluding hydrogens is 678 g/mol. The quantitative estimate of drug-likeness (QED) is 0.156. The third-order valence-corrected chi connectivity index (χ3v) is 10.6. The summed E-state index contributed by atoms with van der Waals surface area (Å²) >= 11 is 3.48. The molecule has 1 unspecified atom stereocenters. The fraction of sp³-hybridized carbons (Fsp3) is 0.297. The molecule has 1 fully saturated rings. The van der Waals surface area contributed by atoms with E-state index in [1.165, 1.54) is 17.0 Å². The standard InChI is InChI=1S/C37H40BrN3O5S/c1-2-46-33-23-21-32(22-24-33)41(47(44,45)34-15-7-4-8-16-34)27-36(42)40(26-29-17-19-30(38)20-18-29)35(25-28-11-5-3-6-12-28)37(43)39-31-13-9-10-14-31/h3-8,11-12,15-24,31,35H,2,9-10,13-14,25-27H2,1H3,(H,39,43). The van der Waals surface area contributed by atoms with Crippen molar-refractivity contribution in [1.82, 2.24) is 10.2 Å². The van der Waals surface area contributed by atoms with Crippen LogP contribution >= 0.6 is 15.9 Å². The zero-order valence-electron chi connectivity index (χ0n) is 26.4. The number of nitrogens with one attached hydrogen (secondary N) is 1. The van der Waals surface area contributed by atoms with Gasteiger partial charge in [-0.05, 0) is 79.4 Å². The smallest absolute Gasteiger partial charge is 0.264 e. The van der Waals surface area contributed by atoms with Crippen LogP contribution in [0, 0.1) is 0 Å². The molecule has 47 heavy (non-hydrogen) atoms. The third kappa shape index (κ3) is 9.02. The minimum Gasteiger partial charge on any atom is -0.494 e. The van der Waals surface area contributed by atoms with Crippen LogP contribution in [0.25, 0.3) is 0 Å². The van der Waals surface area contributed by atoms with Crippen LogP contribution in [0.2, 0.25) is 0 Å². The van der Waals surface area contributed by atoms with E-state index in [0.717, 1.165) is 45.6 Å². The summed E-state index contributed by atoms with van der Waals surface area (Å²) in [5.41, 5.74) is 2.02. The first kappa shape index (κ1) is 34.2. The topological polar surface area (TPSA) is 96.0 Å². The first-order valence-electron chi connectivity index (χ1n) is 15.9. The number of rotatable bonds is 14. The Bertz CT molecular complexity index is 1710. The summed E-state index contributed by atoms with van der Waals surface area (Å²) in [6.07, 6.45) is 4.15. The van der Waals surface area contributed by atoms with Gasteiger partial charge in [0.2, 0.25) is 11.8 Å². The number of hydrogen-bond acceptors (Lipinski definition) is 5. The molecule has 0 radical (unpaired) electrons. The second-order valence-electron chi connectivity index (χ2n) is 11.6. The lowest BCUT2D eigenvalue weighted by atomic mass is 10.0. The number of nitrogens with zero attached hydrogens (tertiary/aromatic N) is 2. The maximum absolute atomic E-state index is 14.6. The molecule has 1 aliphatic rings. The van der Waals surface area contributed by atoms with Gasteiger partial charge in [-0.2, -0.15) is 0 Å². The Morgan fingerprint density at radius 1 is 0.851 bits per heavy atom. The Morgan fingerprint density at radius 3 is 2.09 bits per heavy atom. The SMILES string of the molecule is CCOc1ccc(N(CC(=O)N(Cc2ccc(Br)cc2)C(Cc2ccccc2)C(=O)NC2CCCC2)S(=O)(=O)c2ccccc2)cc1. The molecule has 10 heteroatoms. The summed E-state index contributed by atoms with van der Waals surface area (Å²) < 4.78 is 35.9. The molecule has 0 bridgehead atoms. The van der Waals surface area contributed by atoms with Crippen LogP contribution in [0.4, 0.5) is 5.69 Å². The first-order valence-corrected chi connectivity index (χ1v) is 18.2. The Balaban J connectivity index is 1.55. The number of carbonyl (C=O) groups excluding carboxylic acids is 2. The van der Waals surface area contributed by atoms with Crippen molar-refractivity contribution < 1.29 is 22.7 Å². The summed E-state index contributed by atoms with van der Waals surface area (Å²) in [5, 5.41) is 3.20. The molecule has 4 aromatic rings. The normalized spacial score (nSPS) is 13.9. The van der Waals surface area contributed by atoms with E-state index < -0.39 is 28.5 Å². The zero-order chi connectivity index (χ0) is 33.2. The highest BCUT2D eigenvalue weighted by molar-refractivity contribution is 9.10. The molecular formula is C37H40BrN3O5S. The Labute approximate surface area is 285 Å². The number of benzene rings is 4. The monoisotopic (exact) mass is 717 g/mol. The second-order valence-corrected chi connectivity index (χ2v) is 14.4. The molecule has 5 rings (SSSR count). The van der Waals surface area contributed by atoms with Gasteiger partial charge < -0.3 is 15.0 Å². The fourth-order valence-electron chi connectivity index (χ4n) is 5.83. The van der Waals surface area contributed by atoms with Crippen molar-refractivity contribution in [3.05, 3.63) is 125 Å². The highest BCUT2D eigenvalue weighted by Gasteiger charge is 2.35. The number of carbonyl (C=O) groups is 2. The van der Waals surface area contributed by atoms with Crippen LogP contribution in [0.5, 0.6) is 5.75 Å². The number of ether oxygens (including phenoxy) is 1. The van der Waals surface area contributed by atoms with Gasteiger partial charge in [-0.1, -0.05) is 89.4 Å². The van der Waals surface area contributed by atoms with Crippen molar-refractivity contribution in [2.45, 2.75) is 62.6 Å². The van der Waals surface area contributed by atoms with Crippen molar-refractivity contribution in [2.24, 2.45) is 0 Å². The molecule has 1 aliphatic carbocycles. The van der Waals surface area contributed by atoms with Gasteiger partial charge >= 0.3 is 0 Å². The van der Waals surface area contributed by atoms with E-state index in [9.17, 15) is 18.0 Å². The van der Waals surface area contributed by atoms with Crippen molar-refractivity contribution in [1.29, 1.82) is 0 Å². The molecule has 4 aromatic carbocycles. The summed E-state index contributed by atoms with van der Waals surface area (Å²) in [6, 6.07) is 31.0. The fourth-order valence-corrected chi connectivity index (χ4v) is 7.53. The Kier molecular flexibility index (Phi) is 11.7. The van der Waals surface area contributed by atoms with Crippen molar-refractivity contribution in [3.8, 4) is 5.75 Å². The summed E-state index contributed by atoms with van der Waals surface area (Å²) in [5.74, 6) is -0.156. The largest absolute Gasteiger partial charge is 0.494 e. The van der Waals surface area contributed by atoms with Crippen LogP contribution < -0.4 is 14.4 Å². The van der Waals surface area contributed by atoms with E-state index in [0.29, 0.717) is 18.0 Å². The average Bonchev–Trinajstić information content (AvgIpc) is 3.60. The molecule has 2 amide bonds. The minimum absolute atomic E-state index is 0.0456. The first-order chi connectivity index (χ1) is 22.7.